The minimum absolute atomic E-state index is 0.255. The number of hydrogen-bond donors (Lipinski definition) is 0. The van der Waals surface area contributed by atoms with Crippen LogP contribution in [-0.4, -0.2) is 25.0 Å². The van der Waals surface area contributed by atoms with Crippen molar-refractivity contribution in [3.05, 3.63) is 77.4 Å². The molecular weight excluding hydrogens is 349 g/mol. The Morgan fingerprint density at radius 2 is 1.85 bits per heavy atom. The topological polar surface area (TPSA) is 56.5 Å². The second kappa shape index (κ2) is 7.21. The van der Waals surface area contributed by atoms with Gasteiger partial charge in [0.15, 0.2) is 11.2 Å². The van der Waals surface area contributed by atoms with E-state index in [1.807, 2.05) is 12.1 Å². The molecule has 0 aliphatic carbocycles. The van der Waals surface area contributed by atoms with Crippen molar-refractivity contribution in [3.63, 3.8) is 0 Å². The van der Waals surface area contributed by atoms with Crippen LogP contribution in [-0.2, 0) is 12.3 Å². The quantitative estimate of drug-likeness (QED) is 0.395. The van der Waals surface area contributed by atoms with E-state index in [0.29, 0.717) is 17.7 Å². The minimum Gasteiger partial charge on any atom is -0.227 e. The van der Waals surface area contributed by atoms with Crippen molar-refractivity contribution in [1.82, 2.24) is 25.0 Å². The van der Waals surface area contributed by atoms with Crippen LogP contribution in [0.4, 0.5) is 4.39 Å². The molecule has 0 saturated heterocycles. The predicted molar refractivity (Wildman–Crippen MR) is 99.4 cm³/mol. The van der Waals surface area contributed by atoms with Gasteiger partial charge in [-0.05, 0) is 35.7 Å². The molecule has 0 aliphatic heterocycles. The average molecular weight is 365 g/mol. The number of aromatic nitrogens is 5. The van der Waals surface area contributed by atoms with Gasteiger partial charge in [-0.15, -0.1) is 5.10 Å². The van der Waals surface area contributed by atoms with Gasteiger partial charge in [-0.2, -0.15) is 0 Å². The van der Waals surface area contributed by atoms with Crippen molar-refractivity contribution >= 4 is 22.9 Å². The normalized spacial score (nSPS) is 11.2. The molecule has 0 fully saturated rings. The Hall–Kier alpha value is -2.80. The maximum atomic E-state index is 13.1. The number of rotatable bonds is 5. The number of thioether (sulfide) groups is 1. The first kappa shape index (κ1) is 16.7. The van der Waals surface area contributed by atoms with Gasteiger partial charge in [-0.25, -0.2) is 19.0 Å². The Balaban J connectivity index is 1.58. The van der Waals surface area contributed by atoms with Crippen LogP contribution in [0.2, 0.25) is 0 Å². The number of fused-ring (bicyclic) bond motifs is 1. The molecule has 2 aromatic heterocycles. The molecular formula is C19H16FN5S. The van der Waals surface area contributed by atoms with Gasteiger partial charge >= 0.3 is 0 Å². The molecule has 130 valence electrons. The van der Waals surface area contributed by atoms with Crippen molar-refractivity contribution < 1.29 is 4.39 Å². The zero-order chi connectivity index (χ0) is 17.9. The van der Waals surface area contributed by atoms with Crippen LogP contribution in [0.5, 0.6) is 0 Å². The summed E-state index contributed by atoms with van der Waals surface area (Å²) in [7, 11) is 0. The highest BCUT2D eigenvalue weighted by Gasteiger charge is 2.13. The molecule has 0 saturated carbocycles. The van der Waals surface area contributed by atoms with E-state index in [0.717, 1.165) is 16.3 Å². The van der Waals surface area contributed by atoms with E-state index >= 15 is 0 Å². The van der Waals surface area contributed by atoms with Crippen LogP contribution in [0.25, 0.3) is 11.2 Å². The smallest absolute Gasteiger partial charge is 0.183 e. The lowest BCUT2D eigenvalue weighted by Crippen LogP contribution is -2.03. The summed E-state index contributed by atoms with van der Waals surface area (Å²) >= 11 is 1.62. The van der Waals surface area contributed by atoms with Crippen LogP contribution < -0.4 is 0 Å². The molecule has 0 unspecified atom stereocenters. The third kappa shape index (κ3) is 3.43. The Kier molecular flexibility index (Phi) is 4.62. The van der Waals surface area contributed by atoms with Gasteiger partial charge in [-0.3, -0.25) is 0 Å². The monoisotopic (exact) mass is 365 g/mol. The van der Waals surface area contributed by atoms with E-state index in [2.05, 4.69) is 39.3 Å². The molecule has 0 amide bonds. The molecule has 0 bridgehead atoms. The summed E-state index contributed by atoms with van der Waals surface area (Å²) in [5, 5.41) is 9.27. The molecule has 5 nitrogen and oxygen atoms in total. The molecule has 0 N–H and O–H groups in total. The molecule has 4 aromatic rings. The fourth-order valence-corrected chi connectivity index (χ4v) is 3.67. The van der Waals surface area contributed by atoms with Crippen LogP contribution in [0.15, 0.2) is 59.9 Å². The summed E-state index contributed by atoms with van der Waals surface area (Å²) in [6, 6.07) is 14.6. The molecule has 26 heavy (non-hydrogen) atoms. The summed E-state index contributed by atoms with van der Waals surface area (Å²) in [6.45, 7) is 2.58. The second-order valence-electron chi connectivity index (χ2n) is 5.94. The van der Waals surface area contributed by atoms with Gasteiger partial charge in [-0.1, -0.05) is 53.4 Å². The SMILES string of the molecule is Cc1ccccc1CSc1ncnc2c1nnn2Cc1ccc(F)cc1. The van der Waals surface area contributed by atoms with Crippen molar-refractivity contribution in [2.45, 2.75) is 24.2 Å². The van der Waals surface area contributed by atoms with Crippen LogP contribution in [0.3, 0.4) is 0 Å². The highest BCUT2D eigenvalue weighted by molar-refractivity contribution is 7.98. The highest BCUT2D eigenvalue weighted by Crippen LogP contribution is 2.27. The molecule has 0 radical (unpaired) electrons. The first-order valence-electron chi connectivity index (χ1n) is 8.16. The number of nitrogens with zero attached hydrogens (tertiary/aromatic N) is 5. The van der Waals surface area contributed by atoms with E-state index < -0.39 is 0 Å². The Bertz CT molecular complexity index is 1050. The zero-order valence-electron chi connectivity index (χ0n) is 14.1. The fraction of sp³-hybridized carbons (Fsp3) is 0.158. The molecule has 4 rings (SSSR count). The molecule has 2 heterocycles. The van der Waals surface area contributed by atoms with Gasteiger partial charge in [0.1, 0.15) is 17.2 Å². The van der Waals surface area contributed by atoms with E-state index in [1.54, 1.807) is 28.6 Å². The van der Waals surface area contributed by atoms with Crippen molar-refractivity contribution in [3.8, 4) is 0 Å². The number of benzene rings is 2. The van der Waals surface area contributed by atoms with Crippen LogP contribution >= 0.6 is 11.8 Å². The molecule has 7 heteroatoms. The third-order valence-corrected chi connectivity index (χ3v) is 5.17. The van der Waals surface area contributed by atoms with Gasteiger partial charge in [0.25, 0.3) is 0 Å². The summed E-state index contributed by atoms with van der Waals surface area (Å²) < 4.78 is 14.8. The maximum absolute atomic E-state index is 13.1. The fourth-order valence-electron chi connectivity index (χ4n) is 2.66. The van der Waals surface area contributed by atoms with E-state index in [9.17, 15) is 4.39 Å². The van der Waals surface area contributed by atoms with Gasteiger partial charge in [0, 0.05) is 5.75 Å². The Morgan fingerprint density at radius 3 is 2.65 bits per heavy atom. The number of hydrogen-bond acceptors (Lipinski definition) is 5. The summed E-state index contributed by atoms with van der Waals surface area (Å²) in [5.41, 5.74) is 4.82. The Morgan fingerprint density at radius 1 is 1.04 bits per heavy atom. The summed E-state index contributed by atoms with van der Waals surface area (Å²) in [4.78, 5) is 8.70. The lowest BCUT2D eigenvalue weighted by molar-refractivity contribution is 0.623. The Labute approximate surface area is 154 Å². The predicted octanol–water partition coefficient (Wildman–Crippen LogP) is 4.01. The van der Waals surface area contributed by atoms with Crippen LogP contribution in [0.1, 0.15) is 16.7 Å². The van der Waals surface area contributed by atoms with E-state index in [1.165, 1.54) is 29.6 Å². The molecule has 0 spiro atoms. The van der Waals surface area contributed by atoms with Crippen LogP contribution in [0, 0.1) is 12.7 Å². The third-order valence-electron chi connectivity index (χ3n) is 4.14. The first-order valence-corrected chi connectivity index (χ1v) is 9.15. The van der Waals surface area contributed by atoms with Gasteiger partial charge in [0.05, 0.1) is 6.54 Å². The first-order chi connectivity index (χ1) is 12.7. The lowest BCUT2D eigenvalue weighted by atomic mass is 10.1. The average Bonchev–Trinajstić information content (AvgIpc) is 3.06. The minimum atomic E-state index is -0.255. The number of aryl methyl sites for hydroxylation is 1. The largest absolute Gasteiger partial charge is 0.227 e. The van der Waals surface area contributed by atoms with E-state index in [4.69, 9.17) is 0 Å². The van der Waals surface area contributed by atoms with Crippen molar-refractivity contribution in [1.29, 1.82) is 0 Å². The van der Waals surface area contributed by atoms with Crippen molar-refractivity contribution in [2.24, 2.45) is 0 Å². The summed E-state index contributed by atoms with van der Waals surface area (Å²) in [6.07, 6.45) is 1.53. The number of halogens is 1. The molecule has 0 aliphatic rings. The second-order valence-corrected chi connectivity index (χ2v) is 6.90. The standard InChI is InChI=1S/C19H16FN5S/c1-13-4-2-3-5-15(13)11-26-19-17-18(21-12-22-19)25(24-23-17)10-14-6-8-16(20)9-7-14/h2-9,12H,10-11H2,1H3. The molecule has 2 aromatic carbocycles. The van der Waals surface area contributed by atoms with E-state index in [-0.39, 0.29) is 5.82 Å². The summed E-state index contributed by atoms with van der Waals surface area (Å²) in [5.74, 6) is 0.554. The lowest BCUT2D eigenvalue weighted by Gasteiger charge is -2.05. The van der Waals surface area contributed by atoms with Gasteiger partial charge in [0.2, 0.25) is 0 Å². The van der Waals surface area contributed by atoms with Gasteiger partial charge < -0.3 is 0 Å². The maximum Gasteiger partial charge on any atom is 0.183 e. The zero-order valence-corrected chi connectivity index (χ0v) is 14.9. The highest BCUT2D eigenvalue weighted by atomic mass is 32.2. The van der Waals surface area contributed by atoms with Crippen molar-refractivity contribution in [2.75, 3.05) is 0 Å². The molecule has 0 atom stereocenters.